The van der Waals surface area contributed by atoms with Crippen LogP contribution in [0.15, 0.2) is 36.7 Å². The summed E-state index contributed by atoms with van der Waals surface area (Å²) in [5.74, 6) is -0.291. The molecule has 2 heterocycles. The zero-order valence-corrected chi connectivity index (χ0v) is 15.6. The summed E-state index contributed by atoms with van der Waals surface area (Å²) in [4.78, 5) is 16.6. The Morgan fingerprint density at radius 2 is 2.08 bits per heavy atom. The van der Waals surface area contributed by atoms with Gasteiger partial charge in [0.1, 0.15) is 27.2 Å². The van der Waals surface area contributed by atoms with Crippen molar-refractivity contribution in [1.82, 2.24) is 14.6 Å². The number of halogens is 2. The summed E-state index contributed by atoms with van der Waals surface area (Å²) in [7, 11) is 0. The molecule has 0 N–H and O–H groups in total. The molecule has 0 spiro atoms. The number of rotatable bonds is 5. The van der Waals surface area contributed by atoms with Crippen molar-refractivity contribution in [2.75, 3.05) is 6.61 Å². The Bertz CT molecular complexity index is 883. The highest BCUT2D eigenvalue weighted by molar-refractivity contribution is 14.1. The van der Waals surface area contributed by atoms with E-state index in [2.05, 4.69) is 10.1 Å². The first-order chi connectivity index (χ1) is 11.6. The Morgan fingerprint density at radius 3 is 2.79 bits per heavy atom. The second kappa shape index (κ2) is 7.35. The molecule has 0 bridgehead atoms. The molecule has 1 aromatic carbocycles. The minimum Gasteiger partial charge on any atom is -0.486 e. The fraction of sp³-hybridized carbons (Fsp3) is 0.188. The van der Waals surface area contributed by atoms with E-state index in [1.807, 2.05) is 52.9 Å². The van der Waals surface area contributed by atoms with Crippen LogP contribution in [0.1, 0.15) is 22.8 Å². The van der Waals surface area contributed by atoms with Crippen LogP contribution in [0.5, 0.6) is 5.75 Å². The van der Waals surface area contributed by atoms with Gasteiger partial charge in [-0.1, -0.05) is 41.9 Å². The lowest BCUT2D eigenvalue weighted by Gasteiger charge is -2.15. The van der Waals surface area contributed by atoms with Gasteiger partial charge in [0.05, 0.1) is 6.61 Å². The van der Waals surface area contributed by atoms with Gasteiger partial charge in [0.15, 0.2) is 11.4 Å². The third-order valence-electron chi connectivity index (χ3n) is 3.27. The topological polar surface area (TPSA) is 65.7 Å². The first kappa shape index (κ1) is 17.0. The summed E-state index contributed by atoms with van der Waals surface area (Å²) < 4.78 is 13.1. The van der Waals surface area contributed by atoms with Crippen LogP contribution in [0, 0.1) is 3.70 Å². The van der Waals surface area contributed by atoms with Gasteiger partial charge in [0.25, 0.3) is 0 Å². The Labute approximate surface area is 156 Å². The standard InChI is InChI=1S/C16H13ClIN3O3/c1-2-23-16(22)11-13(24-8-10-6-4-3-5-7-10)12(17)14(18)21-15(11)19-9-20-21/h3-7,9H,2,8H2,1H3. The molecule has 124 valence electrons. The molecule has 0 saturated carbocycles. The van der Waals surface area contributed by atoms with Gasteiger partial charge in [-0.05, 0) is 35.1 Å². The molecule has 24 heavy (non-hydrogen) atoms. The molecule has 8 heteroatoms. The maximum absolute atomic E-state index is 12.4. The number of carbonyl (C=O) groups excluding carboxylic acids is 1. The average molecular weight is 458 g/mol. The van der Waals surface area contributed by atoms with E-state index in [1.54, 1.807) is 6.92 Å². The van der Waals surface area contributed by atoms with Crippen LogP contribution in [0.2, 0.25) is 5.02 Å². The van der Waals surface area contributed by atoms with Crippen LogP contribution >= 0.6 is 34.2 Å². The number of aromatic nitrogens is 3. The van der Waals surface area contributed by atoms with E-state index in [0.717, 1.165) is 5.56 Å². The van der Waals surface area contributed by atoms with E-state index in [0.29, 0.717) is 14.4 Å². The van der Waals surface area contributed by atoms with Crippen LogP contribution in [0.3, 0.4) is 0 Å². The summed E-state index contributed by atoms with van der Waals surface area (Å²) >= 11 is 8.45. The lowest BCUT2D eigenvalue weighted by atomic mass is 10.2. The molecule has 0 radical (unpaired) electrons. The molecule has 3 aromatic rings. The van der Waals surface area contributed by atoms with E-state index < -0.39 is 5.97 Å². The van der Waals surface area contributed by atoms with Gasteiger partial charge < -0.3 is 9.47 Å². The minimum atomic E-state index is -0.545. The SMILES string of the molecule is CCOC(=O)c1c(OCc2ccccc2)c(Cl)c(I)n2ncnc12. The molecule has 0 aliphatic rings. The average Bonchev–Trinajstić information content (AvgIpc) is 3.07. The third kappa shape index (κ3) is 3.18. The highest BCUT2D eigenvalue weighted by Crippen LogP contribution is 2.36. The number of hydrogen-bond donors (Lipinski definition) is 0. The van der Waals surface area contributed by atoms with Crippen molar-refractivity contribution in [3.8, 4) is 5.75 Å². The van der Waals surface area contributed by atoms with Crippen LogP contribution in [0.4, 0.5) is 0 Å². The van der Waals surface area contributed by atoms with Crippen molar-refractivity contribution in [3.05, 3.63) is 56.5 Å². The Kier molecular flexibility index (Phi) is 5.20. The first-order valence-electron chi connectivity index (χ1n) is 7.18. The quantitative estimate of drug-likeness (QED) is 0.332. The van der Waals surface area contributed by atoms with Crippen LogP contribution in [-0.4, -0.2) is 27.2 Å². The number of pyridine rings is 1. The number of hydrogen-bond acceptors (Lipinski definition) is 5. The first-order valence-corrected chi connectivity index (χ1v) is 8.63. The molecule has 0 saturated heterocycles. The van der Waals surface area contributed by atoms with Gasteiger partial charge in [0.2, 0.25) is 0 Å². The van der Waals surface area contributed by atoms with Crippen molar-refractivity contribution >= 4 is 45.8 Å². The maximum Gasteiger partial charge on any atom is 0.345 e. The molecule has 0 aliphatic carbocycles. The fourth-order valence-corrected chi connectivity index (χ4v) is 3.03. The number of fused-ring (bicyclic) bond motifs is 1. The zero-order chi connectivity index (χ0) is 17.1. The van der Waals surface area contributed by atoms with Crippen LogP contribution < -0.4 is 4.74 Å². The Balaban J connectivity index is 2.08. The molecule has 0 amide bonds. The molecule has 0 fully saturated rings. The molecule has 3 rings (SSSR count). The number of ether oxygens (including phenoxy) is 2. The monoisotopic (exact) mass is 457 g/mol. The Morgan fingerprint density at radius 1 is 1.33 bits per heavy atom. The number of benzene rings is 1. The van der Waals surface area contributed by atoms with E-state index in [9.17, 15) is 4.79 Å². The number of carbonyl (C=O) groups is 1. The highest BCUT2D eigenvalue weighted by atomic mass is 127. The second-order valence-corrected chi connectivity index (χ2v) is 6.20. The number of esters is 1. The molecular formula is C16H13ClIN3O3. The second-order valence-electron chi connectivity index (χ2n) is 4.80. The molecular weight excluding hydrogens is 445 g/mol. The predicted octanol–water partition coefficient (Wildman–Crippen LogP) is 3.74. The zero-order valence-electron chi connectivity index (χ0n) is 12.7. The molecule has 0 unspecified atom stereocenters. The fourth-order valence-electron chi connectivity index (χ4n) is 2.21. The summed E-state index contributed by atoms with van der Waals surface area (Å²) in [6, 6.07) is 9.61. The van der Waals surface area contributed by atoms with Crippen molar-refractivity contribution < 1.29 is 14.3 Å². The molecule has 0 atom stereocenters. The van der Waals surface area contributed by atoms with Gasteiger partial charge in [0, 0.05) is 0 Å². The summed E-state index contributed by atoms with van der Waals surface area (Å²) in [6.45, 7) is 2.24. The van der Waals surface area contributed by atoms with Gasteiger partial charge in [-0.2, -0.15) is 5.10 Å². The van der Waals surface area contributed by atoms with Crippen molar-refractivity contribution in [2.24, 2.45) is 0 Å². The lowest BCUT2D eigenvalue weighted by molar-refractivity contribution is 0.0522. The molecule has 0 aliphatic heterocycles. The van der Waals surface area contributed by atoms with Gasteiger partial charge >= 0.3 is 5.97 Å². The van der Waals surface area contributed by atoms with Crippen molar-refractivity contribution in [1.29, 1.82) is 0 Å². The highest BCUT2D eigenvalue weighted by Gasteiger charge is 2.26. The van der Waals surface area contributed by atoms with Gasteiger partial charge in [-0.25, -0.2) is 14.3 Å². The van der Waals surface area contributed by atoms with E-state index in [4.69, 9.17) is 21.1 Å². The van der Waals surface area contributed by atoms with E-state index in [1.165, 1.54) is 10.8 Å². The summed E-state index contributed by atoms with van der Waals surface area (Å²) in [5, 5.41) is 4.39. The largest absolute Gasteiger partial charge is 0.486 e. The Hall–Kier alpha value is -1.87. The van der Waals surface area contributed by atoms with Crippen LogP contribution in [0.25, 0.3) is 5.65 Å². The lowest BCUT2D eigenvalue weighted by Crippen LogP contribution is -2.13. The minimum absolute atomic E-state index is 0.177. The predicted molar refractivity (Wildman–Crippen MR) is 97.4 cm³/mol. The summed E-state index contributed by atoms with van der Waals surface area (Å²) in [5.41, 5.74) is 1.49. The van der Waals surface area contributed by atoms with Crippen LogP contribution in [-0.2, 0) is 11.3 Å². The summed E-state index contributed by atoms with van der Waals surface area (Å²) in [6.07, 6.45) is 1.36. The van der Waals surface area contributed by atoms with Gasteiger partial charge in [-0.3, -0.25) is 0 Å². The van der Waals surface area contributed by atoms with Crippen molar-refractivity contribution in [2.45, 2.75) is 13.5 Å². The third-order valence-corrected chi connectivity index (χ3v) is 4.94. The molecule has 6 nitrogen and oxygen atoms in total. The van der Waals surface area contributed by atoms with Gasteiger partial charge in [-0.15, -0.1) is 0 Å². The van der Waals surface area contributed by atoms with E-state index >= 15 is 0 Å². The normalized spacial score (nSPS) is 10.8. The smallest absolute Gasteiger partial charge is 0.345 e. The van der Waals surface area contributed by atoms with E-state index in [-0.39, 0.29) is 24.5 Å². The number of nitrogens with zero attached hydrogens (tertiary/aromatic N) is 3. The maximum atomic E-state index is 12.4. The van der Waals surface area contributed by atoms with Crippen molar-refractivity contribution in [3.63, 3.8) is 0 Å². The molecule has 2 aromatic heterocycles.